The molecule has 0 fully saturated rings. The minimum absolute atomic E-state index is 0. The largest absolute Gasteiger partial charge is 0.342 e. The first-order valence-corrected chi connectivity index (χ1v) is 9.50. The molecule has 0 amide bonds. The number of imidazole rings is 1. The van der Waals surface area contributed by atoms with Crippen LogP contribution in [0.5, 0.6) is 0 Å². The van der Waals surface area contributed by atoms with Crippen LogP contribution in [0.25, 0.3) is 33.6 Å². The molecule has 0 saturated carbocycles. The molecule has 5 heteroatoms. The molecule has 2 aromatic heterocycles. The zero-order valence-corrected chi connectivity index (χ0v) is 16.9. The van der Waals surface area contributed by atoms with Crippen molar-refractivity contribution in [2.24, 2.45) is 0 Å². The number of hydrogen-bond acceptors (Lipinski definition) is 2. The molecule has 146 valence electrons. The van der Waals surface area contributed by atoms with Crippen molar-refractivity contribution in [2.75, 3.05) is 0 Å². The number of aromatic nitrogens is 3. The molecule has 0 spiro atoms. The Kier molecular flexibility index (Phi) is 5.38. The van der Waals surface area contributed by atoms with Crippen LogP contribution in [0.1, 0.15) is 17.0 Å². The number of rotatable bonds is 4. The highest BCUT2D eigenvalue weighted by atomic mass is 35.5. The van der Waals surface area contributed by atoms with Crippen LogP contribution in [0.15, 0.2) is 85.1 Å². The number of hydrogen-bond donors (Lipinski definition) is 1. The van der Waals surface area contributed by atoms with Crippen LogP contribution >= 0.6 is 12.4 Å². The van der Waals surface area contributed by atoms with E-state index in [9.17, 15) is 5.26 Å². The van der Waals surface area contributed by atoms with Crippen molar-refractivity contribution in [1.82, 2.24) is 14.5 Å². The van der Waals surface area contributed by atoms with Gasteiger partial charge in [-0.15, -0.1) is 12.4 Å². The quantitative estimate of drug-likeness (QED) is 0.366. The van der Waals surface area contributed by atoms with Gasteiger partial charge in [-0.3, -0.25) is 0 Å². The van der Waals surface area contributed by atoms with E-state index >= 15 is 0 Å². The number of benzene rings is 3. The highest BCUT2D eigenvalue weighted by molar-refractivity contribution is 5.98. The van der Waals surface area contributed by atoms with Crippen molar-refractivity contribution in [1.29, 1.82) is 5.26 Å². The lowest BCUT2D eigenvalue weighted by atomic mass is 10.1. The molecule has 5 rings (SSSR count). The van der Waals surface area contributed by atoms with E-state index in [1.54, 1.807) is 0 Å². The molecule has 1 N–H and O–H groups in total. The number of fused-ring (bicyclic) bond motifs is 2. The third-order valence-electron chi connectivity index (χ3n) is 5.08. The zero-order valence-electron chi connectivity index (χ0n) is 16.1. The van der Waals surface area contributed by atoms with Gasteiger partial charge in [-0.1, -0.05) is 60.7 Å². The van der Waals surface area contributed by atoms with Crippen LogP contribution in [-0.2, 0) is 6.54 Å². The first kappa shape index (κ1) is 19.5. The van der Waals surface area contributed by atoms with Gasteiger partial charge < -0.3 is 9.55 Å². The lowest BCUT2D eigenvalue weighted by Gasteiger charge is -2.05. The highest BCUT2D eigenvalue weighted by Gasteiger charge is 2.11. The summed E-state index contributed by atoms with van der Waals surface area (Å²) < 4.78 is 2.23. The van der Waals surface area contributed by atoms with E-state index in [-0.39, 0.29) is 12.4 Å². The van der Waals surface area contributed by atoms with Crippen molar-refractivity contribution in [3.05, 3.63) is 102 Å². The van der Waals surface area contributed by atoms with Crippen molar-refractivity contribution in [3.8, 4) is 6.07 Å². The topological polar surface area (TPSA) is 57.4 Å². The summed E-state index contributed by atoms with van der Waals surface area (Å²) in [7, 11) is 0. The van der Waals surface area contributed by atoms with Gasteiger partial charge in [-0.25, -0.2) is 4.98 Å². The predicted molar refractivity (Wildman–Crippen MR) is 124 cm³/mol. The summed E-state index contributed by atoms with van der Waals surface area (Å²) in [6.45, 7) is 0.779. The summed E-state index contributed by atoms with van der Waals surface area (Å²) in [6.07, 6.45) is 4.03. The van der Waals surface area contributed by atoms with Crippen LogP contribution in [0, 0.1) is 11.3 Å². The number of allylic oxidation sites excluding steroid dienone is 1. The average molecular weight is 411 g/mol. The second kappa shape index (κ2) is 8.28. The fourth-order valence-corrected chi connectivity index (χ4v) is 3.69. The Morgan fingerprint density at radius 3 is 2.50 bits per heavy atom. The molecule has 0 atom stereocenters. The van der Waals surface area contributed by atoms with E-state index in [4.69, 9.17) is 0 Å². The summed E-state index contributed by atoms with van der Waals surface area (Å²) in [6, 6.07) is 28.8. The van der Waals surface area contributed by atoms with Crippen molar-refractivity contribution in [2.45, 2.75) is 6.54 Å². The molecule has 0 unspecified atom stereocenters. The van der Waals surface area contributed by atoms with E-state index in [1.165, 1.54) is 5.56 Å². The van der Waals surface area contributed by atoms with Gasteiger partial charge in [0.15, 0.2) is 0 Å². The number of halogens is 1. The molecule has 2 heterocycles. The predicted octanol–water partition coefficient (Wildman–Crippen LogP) is 6.05. The maximum absolute atomic E-state index is 9.79. The van der Waals surface area contributed by atoms with E-state index < -0.39 is 0 Å². The van der Waals surface area contributed by atoms with Crippen LogP contribution in [0.2, 0.25) is 0 Å². The monoisotopic (exact) mass is 410 g/mol. The molecule has 0 aliphatic heterocycles. The normalized spacial score (nSPS) is 11.4. The fourth-order valence-electron chi connectivity index (χ4n) is 3.69. The number of nitrogens with one attached hydrogen (secondary N) is 1. The Morgan fingerprint density at radius 1 is 0.967 bits per heavy atom. The molecule has 0 bridgehead atoms. The third-order valence-corrected chi connectivity index (χ3v) is 5.08. The second-order valence-electron chi connectivity index (χ2n) is 6.99. The number of nitrogens with zero attached hydrogens (tertiary/aromatic N) is 3. The molecule has 5 aromatic rings. The van der Waals surface area contributed by atoms with Gasteiger partial charge in [-0.2, -0.15) is 5.26 Å². The van der Waals surface area contributed by atoms with Crippen LogP contribution in [0.4, 0.5) is 0 Å². The van der Waals surface area contributed by atoms with Crippen LogP contribution in [0.3, 0.4) is 0 Å². The van der Waals surface area contributed by atoms with Gasteiger partial charge in [0.05, 0.1) is 16.6 Å². The summed E-state index contributed by atoms with van der Waals surface area (Å²) in [5.74, 6) is 0.591. The third kappa shape index (κ3) is 3.59. The molecule has 4 nitrogen and oxygen atoms in total. The molecule has 0 aliphatic rings. The van der Waals surface area contributed by atoms with Gasteiger partial charge in [0, 0.05) is 29.2 Å². The smallest absolute Gasteiger partial charge is 0.149 e. The highest BCUT2D eigenvalue weighted by Crippen LogP contribution is 2.27. The zero-order chi connectivity index (χ0) is 19.6. The minimum atomic E-state index is 0. The number of aromatic amines is 1. The summed E-state index contributed by atoms with van der Waals surface area (Å²) in [5.41, 5.74) is 5.69. The molecule has 0 radical (unpaired) electrons. The van der Waals surface area contributed by atoms with Gasteiger partial charge in [-0.05, 0) is 29.8 Å². The van der Waals surface area contributed by atoms with Crippen molar-refractivity contribution in [3.63, 3.8) is 0 Å². The lowest BCUT2D eigenvalue weighted by Crippen LogP contribution is -1.97. The second-order valence-corrected chi connectivity index (χ2v) is 6.99. The number of nitriles is 1. The summed E-state index contributed by atoms with van der Waals surface area (Å²) in [5, 5.41) is 10.9. The minimum Gasteiger partial charge on any atom is -0.342 e. The summed E-state index contributed by atoms with van der Waals surface area (Å²) >= 11 is 0. The number of para-hydroxylation sites is 3. The Bertz CT molecular complexity index is 1350. The van der Waals surface area contributed by atoms with Gasteiger partial charge in [0.2, 0.25) is 0 Å². The Morgan fingerprint density at radius 2 is 1.70 bits per heavy atom. The van der Waals surface area contributed by atoms with Gasteiger partial charge >= 0.3 is 0 Å². The van der Waals surface area contributed by atoms with E-state index in [0.717, 1.165) is 34.0 Å². The maximum atomic E-state index is 9.79. The molecular weight excluding hydrogens is 392 g/mol. The average Bonchev–Trinajstić information content (AvgIpc) is 3.34. The van der Waals surface area contributed by atoms with Crippen molar-refractivity contribution < 1.29 is 0 Å². The van der Waals surface area contributed by atoms with Crippen LogP contribution < -0.4 is 0 Å². The summed E-state index contributed by atoms with van der Waals surface area (Å²) in [4.78, 5) is 7.83. The SMILES string of the molecule is Cl.N#C/C(=C\c1cn(Cc2ccccc2)c2ccccc12)c1nc2ccccc2[nH]1. The Hall–Kier alpha value is -3.81. The maximum Gasteiger partial charge on any atom is 0.149 e. The molecule has 0 aliphatic carbocycles. The van der Waals surface area contributed by atoms with E-state index in [1.807, 2.05) is 48.5 Å². The lowest BCUT2D eigenvalue weighted by molar-refractivity contribution is 0.836. The molecule has 3 aromatic carbocycles. The first-order valence-electron chi connectivity index (χ1n) is 9.50. The first-order chi connectivity index (χ1) is 14.3. The van der Waals surface area contributed by atoms with Gasteiger partial charge in [0.1, 0.15) is 11.9 Å². The molecule has 30 heavy (non-hydrogen) atoms. The van der Waals surface area contributed by atoms with E-state index in [2.05, 4.69) is 63.2 Å². The Labute approximate surface area is 180 Å². The molecular formula is C25H19ClN4. The standard InChI is InChI=1S/C25H18N4.ClH/c26-15-19(25-27-22-11-5-6-12-23(22)28-25)14-20-17-29(16-18-8-2-1-3-9-18)24-13-7-4-10-21(20)24;/h1-14,17H,16H2,(H,27,28);1H/b19-14+;. The van der Waals surface area contributed by atoms with E-state index in [0.29, 0.717) is 11.4 Å². The molecule has 0 saturated heterocycles. The van der Waals surface area contributed by atoms with Crippen molar-refractivity contribution >= 4 is 46.0 Å². The van der Waals surface area contributed by atoms with Crippen LogP contribution in [-0.4, -0.2) is 14.5 Å². The number of H-pyrrole nitrogens is 1. The van der Waals surface area contributed by atoms with Gasteiger partial charge in [0.25, 0.3) is 0 Å². The fraction of sp³-hybridized carbons (Fsp3) is 0.0400. The Balaban J connectivity index is 0.00000218.